The molecule has 2 aromatic heterocycles. The molecule has 160 valence electrons. The Morgan fingerprint density at radius 2 is 1.94 bits per heavy atom. The van der Waals surface area contributed by atoms with Gasteiger partial charge in [0, 0.05) is 42.3 Å². The topological polar surface area (TPSA) is 86.3 Å². The summed E-state index contributed by atoms with van der Waals surface area (Å²) in [6, 6.07) is 10.8. The molecule has 1 unspecified atom stereocenters. The summed E-state index contributed by atoms with van der Waals surface area (Å²) in [4.78, 5) is 21.6. The third-order valence-corrected chi connectivity index (χ3v) is 5.89. The fourth-order valence-electron chi connectivity index (χ4n) is 4.40. The zero-order chi connectivity index (χ0) is 21.6. The second-order valence-electron chi connectivity index (χ2n) is 8.40. The smallest absolute Gasteiger partial charge is 0.415 e. The fraction of sp³-hybridized carbons (Fsp3) is 0.364. The lowest BCUT2D eigenvalue weighted by molar-refractivity contribution is -0.389. The molecule has 0 spiro atoms. The lowest BCUT2D eigenvalue weighted by Crippen LogP contribution is -2.45. The monoisotopic (exact) mass is 423 g/mol. The van der Waals surface area contributed by atoms with Crippen molar-refractivity contribution in [3.05, 3.63) is 69.8 Å². The maximum atomic E-state index is 13.2. The van der Waals surface area contributed by atoms with E-state index in [9.17, 15) is 14.5 Å². The van der Waals surface area contributed by atoms with Gasteiger partial charge in [-0.1, -0.05) is 6.07 Å². The Kier molecular flexibility index (Phi) is 4.70. The summed E-state index contributed by atoms with van der Waals surface area (Å²) in [5, 5.41) is 10.9. The molecule has 4 heterocycles. The predicted octanol–water partition coefficient (Wildman–Crippen LogP) is 3.24. The van der Waals surface area contributed by atoms with Gasteiger partial charge in [0.05, 0.1) is 12.2 Å². The Bertz CT molecular complexity index is 1120. The van der Waals surface area contributed by atoms with Gasteiger partial charge in [-0.25, -0.2) is 4.39 Å². The zero-order valence-electron chi connectivity index (χ0n) is 17.1. The molecule has 0 aliphatic carbocycles. The highest BCUT2D eigenvalue weighted by molar-refractivity contribution is 5.59. The van der Waals surface area contributed by atoms with Crippen molar-refractivity contribution in [3.63, 3.8) is 0 Å². The first kappa shape index (κ1) is 19.6. The van der Waals surface area contributed by atoms with Crippen LogP contribution >= 0.6 is 0 Å². The first-order valence-electron chi connectivity index (χ1n) is 10.3. The van der Waals surface area contributed by atoms with Crippen molar-refractivity contribution in [1.29, 1.82) is 0 Å². The molecule has 0 radical (unpaired) electrons. The van der Waals surface area contributed by atoms with Crippen molar-refractivity contribution in [1.82, 2.24) is 19.4 Å². The van der Waals surface area contributed by atoms with Gasteiger partial charge in [-0.05, 0) is 54.2 Å². The summed E-state index contributed by atoms with van der Waals surface area (Å²) in [7, 11) is 0. The van der Waals surface area contributed by atoms with Crippen LogP contribution in [0.1, 0.15) is 18.2 Å². The summed E-state index contributed by atoms with van der Waals surface area (Å²) < 4.78 is 20.9. The maximum Gasteiger partial charge on any atom is 0.415 e. The van der Waals surface area contributed by atoms with E-state index in [2.05, 4.69) is 16.0 Å². The first-order chi connectivity index (χ1) is 14.9. The molecule has 1 aromatic carbocycles. The summed E-state index contributed by atoms with van der Waals surface area (Å²) in [6.07, 6.45) is 3.13. The summed E-state index contributed by atoms with van der Waals surface area (Å²) in [5.74, 6) is -0.446. The molecule has 0 fully saturated rings. The predicted molar refractivity (Wildman–Crippen MR) is 111 cm³/mol. The Morgan fingerprint density at radius 3 is 2.68 bits per heavy atom. The summed E-state index contributed by atoms with van der Waals surface area (Å²) in [6.45, 7) is 4.96. The number of aromatic nitrogens is 3. The second kappa shape index (κ2) is 7.42. The number of nitrogens with zero attached hydrogens (tertiary/aromatic N) is 5. The van der Waals surface area contributed by atoms with Gasteiger partial charge in [0.2, 0.25) is 0 Å². The van der Waals surface area contributed by atoms with Gasteiger partial charge < -0.3 is 14.9 Å². The fourth-order valence-corrected chi connectivity index (χ4v) is 4.40. The van der Waals surface area contributed by atoms with Crippen LogP contribution in [0.2, 0.25) is 0 Å². The number of nitro groups is 1. The van der Waals surface area contributed by atoms with E-state index in [0.717, 1.165) is 42.9 Å². The van der Waals surface area contributed by atoms with Gasteiger partial charge in [-0.3, -0.25) is 14.5 Å². The molecule has 0 N–H and O–H groups in total. The quantitative estimate of drug-likeness (QED) is 0.473. The molecule has 5 rings (SSSR count). The highest BCUT2D eigenvalue weighted by Gasteiger charge is 2.41. The van der Waals surface area contributed by atoms with E-state index in [1.807, 2.05) is 13.0 Å². The first-order valence-corrected chi connectivity index (χ1v) is 10.3. The average molecular weight is 423 g/mol. The van der Waals surface area contributed by atoms with Crippen molar-refractivity contribution in [2.24, 2.45) is 0 Å². The lowest BCUT2D eigenvalue weighted by Gasteiger charge is -2.29. The summed E-state index contributed by atoms with van der Waals surface area (Å²) >= 11 is 0. The minimum atomic E-state index is -0.509. The number of ether oxygens (including phenoxy) is 1. The molecule has 0 saturated carbocycles. The largest absolute Gasteiger partial charge is 0.436 e. The number of halogens is 1. The molecule has 8 nitrogen and oxygen atoms in total. The molecule has 9 heteroatoms. The average Bonchev–Trinajstić information content (AvgIpc) is 3.18. The van der Waals surface area contributed by atoms with Gasteiger partial charge in [0.15, 0.2) is 0 Å². The Morgan fingerprint density at radius 1 is 1.16 bits per heavy atom. The number of benzene rings is 1. The van der Waals surface area contributed by atoms with Gasteiger partial charge in [-0.2, -0.15) is 0 Å². The van der Waals surface area contributed by atoms with Crippen LogP contribution in [0.15, 0.2) is 42.6 Å². The second-order valence-corrected chi connectivity index (χ2v) is 8.40. The number of hydrogen-bond acceptors (Lipinski definition) is 6. The van der Waals surface area contributed by atoms with Gasteiger partial charge >= 0.3 is 11.8 Å². The minimum absolute atomic E-state index is 0.190. The normalized spacial score (nSPS) is 20.6. The molecular formula is C22H22FN5O3. The minimum Gasteiger partial charge on any atom is -0.436 e. The van der Waals surface area contributed by atoms with Gasteiger partial charge in [0.1, 0.15) is 17.6 Å². The van der Waals surface area contributed by atoms with Crippen LogP contribution in [-0.2, 0) is 19.4 Å². The summed E-state index contributed by atoms with van der Waals surface area (Å²) in [5.41, 5.74) is 3.58. The van der Waals surface area contributed by atoms with Crippen LogP contribution in [0, 0.1) is 15.9 Å². The Labute approximate surface area is 178 Å². The van der Waals surface area contributed by atoms with Crippen LogP contribution in [0.25, 0.3) is 11.3 Å². The van der Waals surface area contributed by atoms with Crippen molar-refractivity contribution in [2.75, 3.05) is 19.6 Å². The molecule has 2 aliphatic rings. The highest BCUT2D eigenvalue weighted by Crippen LogP contribution is 2.32. The third-order valence-electron chi connectivity index (χ3n) is 5.89. The van der Waals surface area contributed by atoms with E-state index in [1.165, 1.54) is 23.9 Å². The standard InChI is InChI=1S/C22H22FN5O3/c1-22(14-27-12-20(28(29)30)25-21(27)31-22)13-26-10-8-16-4-7-18(24-19(16)9-11-26)15-2-5-17(23)6-3-15/h2-7,12H,8-11,13-14H2,1H3. The molecule has 3 aromatic rings. The SMILES string of the molecule is CC1(CN2CCc3ccc(-c4ccc(F)cc4)nc3CC2)Cn2cc([N+](=O)[O-])nc2O1. The van der Waals surface area contributed by atoms with E-state index in [-0.39, 0.29) is 11.6 Å². The highest BCUT2D eigenvalue weighted by atomic mass is 19.1. The molecule has 0 bridgehead atoms. The van der Waals surface area contributed by atoms with Crippen LogP contribution in [0.3, 0.4) is 0 Å². The van der Waals surface area contributed by atoms with Gasteiger partial charge in [0.25, 0.3) is 0 Å². The van der Waals surface area contributed by atoms with Crippen molar-refractivity contribution in [3.8, 4) is 17.3 Å². The Balaban J connectivity index is 1.26. The zero-order valence-corrected chi connectivity index (χ0v) is 17.1. The van der Waals surface area contributed by atoms with Crippen LogP contribution in [-0.4, -0.2) is 49.6 Å². The van der Waals surface area contributed by atoms with Gasteiger partial charge in [-0.15, -0.1) is 0 Å². The number of imidazole rings is 1. The molecular weight excluding hydrogens is 401 g/mol. The number of pyridine rings is 1. The third kappa shape index (κ3) is 3.88. The number of rotatable bonds is 4. The molecule has 1 atom stereocenters. The molecule has 2 aliphatic heterocycles. The maximum absolute atomic E-state index is 13.2. The van der Waals surface area contributed by atoms with E-state index in [4.69, 9.17) is 9.72 Å². The molecule has 0 saturated heterocycles. The molecule has 31 heavy (non-hydrogen) atoms. The van der Waals surface area contributed by atoms with E-state index in [0.29, 0.717) is 19.1 Å². The van der Waals surface area contributed by atoms with Crippen molar-refractivity contribution in [2.45, 2.75) is 31.9 Å². The van der Waals surface area contributed by atoms with E-state index in [1.54, 1.807) is 16.7 Å². The number of fused-ring (bicyclic) bond motifs is 2. The lowest BCUT2D eigenvalue weighted by atomic mass is 10.1. The van der Waals surface area contributed by atoms with E-state index >= 15 is 0 Å². The molecule has 0 amide bonds. The van der Waals surface area contributed by atoms with Crippen molar-refractivity contribution < 1.29 is 14.1 Å². The van der Waals surface area contributed by atoms with E-state index < -0.39 is 10.5 Å². The van der Waals surface area contributed by atoms with Crippen molar-refractivity contribution >= 4 is 5.82 Å². The Hall–Kier alpha value is -3.33. The number of hydrogen-bond donors (Lipinski definition) is 0. The van der Waals surface area contributed by atoms with Crippen LogP contribution in [0.5, 0.6) is 6.01 Å². The van der Waals surface area contributed by atoms with Crippen LogP contribution < -0.4 is 4.74 Å². The van der Waals surface area contributed by atoms with Crippen LogP contribution in [0.4, 0.5) is 10.2 Å².